The van der Waals surface area contributed by atoms with Gasteiger partial charge in [0.2, 0.25) is 0 Å². The van der Waals surface area contributed by atoms with Gasteiger partial charge < -0.3 is 4.74 Å². The van der Waals surface area contributed by atoms with Gasteiger partial charge in [-0.3, -0.25) is 4.79 Å². The second-order valence-corrected chi connectivity index (χ2v) is 4.89. The zero-order chi connectivity index (χ0) is 11.3. The van der Waals surface area contributed by atoms with Crippen molar-refractivity contribution < 1.29 is 9.53 Å². The Morgan fingerprint density at radius 1 is 1.44 bits per heavy atom. The first-order chi connectivity index (χ1) is 7.59. The molecule has 82 valence electrons. The van der Waals surface area contributed by atoms with Crippen LogP contribution in [0.4, 0.5) is 0 Å². The Hall–Kier alpha value is -1.57. The third-order valence-corrected chi connectivity index (χ3v) is 3.66. The van der Waals surface area contributed by atoms with Gasteiger partial charge in [-0.2, -0.15) is 0 Å². The van der Waals surface area contributed by atoms with E-state index < -0.39 is 0 Å². The molecule has 0 fully saturated rings. The van der Waals surface area contributed by atoms with Crippen LogP contribution in [0.5, 0.6) is 5.75 Å². The van der Waals surface area contributed by atoms with Crippen molar-refractivity contribution in [3.63, 3.8) is 0 Å². The maximum Gasteiger partial charge on any atom is 0.159 e. The van der Waals surface area contributed by atoms with E-state index >= 15 is 0 Å². The molecule has 0 amide bonds. The van der Waals surface area contributed by atoms with Crippen molar-refractivity contribution in [1.82, 2.24) is 0 Å². The lowest BCUT2D eigenvalue weighted by Crippen LogP contribution is -2.38. The van der Waals surface area contributed by atoms with Crippen LogP contribution in [0.1, 0.15) is 24.5 Å². The molecule has 1 heterocycles. The fourth-order valence-electron chi connectivity index (χ4n) is 2.58. The Morgan fingerprint density at radius 3 is 3.06 bits per heavy atom. The summed E-state index contributed by atoms with van der Waals surface area (Å²) in [7, 11) is 0. The molecule has 0 N–H and O–H groups in total. The summed E-state index contributed by atoms with van der Waals surface area (Å²) in [6.45, 7) is 4.22. The van der Waals surface area contributed by atoms with Gasteiger partial charge in [0.1, 0.15) is 11.9 Å². The molecular weight excluding hydrogens is 200 g/mol. The van der Waals surface area contributed by atoms with Crippen molar-refractivity contribution in [2.24, 2.45) is 0 Å². The minimum Gasteiger partial charge on any atom is -0.488 e. The number of hydrogen-bond donors (Lipinski definition) is 0. The molecule has 2 aliphatic rings. The fourth-order valence-corrected chi connectivity index (χ4v) is 2.58. The fraction of sp³-hybridized carbons (Fsp3) is 0.357. The molecule has 0 saturated carbocycles. The molecule has 2 nitrogen and oxygen atoms in total. The summed E-state index contributed by atoms with van der Waals surface area (Å²) in [4.78, 5) is 11.4. The Labute approximate surface area is 94.9 Å². The number of hydrogen-bond acceptors (Lipinski definition) is 2. The van der Waals surface area contributed by atoms with Crippen LogP contribution in [-0.4, -0.2) is 11.9 Å². The zero-order valence-electron chi connectivity index (χ0n) is 9.49. The lowest BCUT2D eigenvalue weighted by atomic mass is 9.74. The van der Waals surface area contributed by atoms with Crippen LogP contribution in [0.15, 0.2) is 30.4 Å². The number of aryl methyl sites for hydroxylation is 1. The van der Waals surface area contributed by atoms with Gasteiger partial charge in [-0.1, -0.05) is 23.8 Å². The van der Waals surface area contributed by atoms with Gasteiger partial charge in [-0.05, 0) is 26.0 Å². The van der Waals surface area contributed by atoms with E-state index in [4.69, 9.17) is 4.74 Å². The monoisotopic (exact) mass is 214 g/mol. The highest BCUT2D eigenvalue weighted by atomic mass is 16.5. The molecule has 0 radical (unpaired) electrons. The van der Waals surface area contributed by atoms with Gasteiger partial charge in [0.25, 0.3) is 0 Å². The van der Waals surface area contributed by atoms with E-state index in [1.54, 1.807) is 6.08 Å². The minimum absolute atomic E-state index is 0.0261. The van der Waals surface area contributed by atoms with E-state index in [9.17, 15) is 4.79 Å². The van der Waals surface area contributed by atoms with Gasteiger partial charge >= 0.3 is 0 Å². The second kappa shape index (κ2) is 2.97. The average molecular weight is 214 g/mol. The molecule has 2 heteroatoms. The van der Waals surface area contributed by atoms with E-state index in [0.29, 0.717) is 6.42 Å². The quantitative estimate of drug-likeness (QED) is 0.663. The molecule has 0 saturated heterocycles. The summed E-state index contributed by atoms with van der Waals surface area (Å²) >= 11 is 0. The highest BCUT2D eigenvalue weighted by Gasteiger charge is 2.46. The second-order valence-electron chi connectivity index (χ2n) is 4.89. The summed E-state index contributed by atoms with van der Waals surface area (Å²) in [5, 5.41) is 0. The summed E-state index contributed by atoms with van der Waals surface area (Å²) in [6, 6.07) is 6.22. The molecule has 1 aromatic rings. The van der Waals surface area contributed by atoms with E-state index in [2.05, 4.69) is 19.9 Å². The predicted molar refractivity (Wildman–Crippen MR) is 61.7 cm³/mol. The number of ether oxygens (including phenoxy) is 1. The molecule has 0 spiro atoms. The van der Waals surface area contributed by atoms with E-state index in [0.717, 1.165) is 5.75 Å². The van der Waals surface area contributed by atoms with Gasteiger partial charge in [-0.25, -0.2) is 0 Å². The summed E-state index contributed by atoms with van der Waals surface area (Å²) in [6.07, 6.45) is 4.15. The lowest BCUT2D eigenvalue weighted by molar-refractivity contribution is -0.117. The SMILES string of the molecule is Cc1ccc2c(c1)[C@@]1(C)C=CC(=O)C[C@H]1O2. The number of benzene rings is 1. The van der Waals surface area contributed by atoms with Crippen LogP contribution in [0.25, 0.3) is 0 Å². The number of allylic oxidation sites excluding steroid dienone is 1. The third kappa shape index (κ3) is 1.16. The normalized spacial score (nSPS) is 30.9. The highest BCUT2D eigenvalue weighted by Crippen LogP contribution is 2.47. The predicted octanol–water partition coefficient (Wildman–Crippen LogP) is 2.54. The molecule has 1 aliphatic heterocycles. The first kappa shape index (κ1) is 9.64. The van der Waals surface area contributed by atoms with Gasteiger partial charge in [0, 0.05) is 12.0 Å². The van der Waals surface area contributed by atoms with Crippen LogP contribution in [0.3, 0.4) is 0 Å². The van der Waals surface area contributed by atoms with Crippen LogP contribution >= 0.6 is 0 Å². The van der Waals surface area contributed by atoms with Crippen molar-refractivity contribution in [3.05, 3.63) is 41.5 Å². The van der Waals surface area contributed by atoms with Crippen LogP contribution in [-0.2, 0) is 10.2 Å². The van der Waals surface area contributed by atoms with Crippen molar-refractivity contribution in [1.29, 1.82) is 0 Å². The Balaban J connectivity index is 2.17. The summed E-state index contributed by atoms with van der Waals surface area (Å²) < 4.78 is 5.87. The number of ketones is 1. The lowest BCUT2D eigenvalue weighted by Gasteiger charge is -2.29. The largest absolute Gasteiger partial charge is 0.488 e. The number of fused-ring (bicyclic) bond motifs is 3. The average Bonchev–Trinajstić information content (AvgIpc) is 2.52. The van der Waals surface area contributed by atoms with Crippen LogP contribution < -0.4 is 4.74 Å². The third-order valence-electron chi connectivity index (χ3n) is 3.66. The Kier molecular flexibility index (Phi) is 1.79. The van der Waals surface area contributed by atoms with E-state index in [-0.39, 0.29) is 17.3 Å². The van der Waals surface area contributed by atoms with E-state index in [1.807, 2.05) is 18.2 Å². The molecule has 0 bridgehead atoms. The Morgan fingerprint density at radius 2 is 2.25 bits per heavy atom. The van der Waals surface area contributed by atoms with Crippen LogP contribution in [0, 0.1) is 6.92 Å². The van der Waals surface area contributed by atoms with Gasteiger partial charge in [-0.15, -0.1) is 0 Å². The van der Waals surface area contributed by atoms with Crippen molar-refractivity contribution >= 4 is 5.78 Å². The molecule has 3 rings (SSSR count). The summed E-state index contributed by atoms with van der Waals surface area (Å²) in [5.41, 5.74) is 2.31. The smallest absolute Gasteiger partial charge is 0.159 e. The van der Waals surface area contributed by atoms with Crippen molar-refractivity contribution in [2.45, 2.75) is 31.8 Å². The van der Waals surface area contributed by atoms with Gasteiger partial charge in [0.15, 0.2) is 5.78 Å². The summed E-state index contributed by atoms with van der Waals surface area (Å²) in [5.74, 6) is 1.09. The number of carbonyl (C=O) groups excluding carboxylic acids is 1. The molecular formula is C14H14O2. The molecule has 16 heavy (non-hydrogen) atoms. The molecule has 0 unspecified atom stereocenters. The zero-order valence-corrected chi connectivity index (χ0v) is 9.49. The maximum atomic E-state index is 11.4. The number of rotatable bonds is 0. The minimum atomic E-state index is -0.130. The Bertz CT molecular complexity index is 501. The van der Waals surface area contributed by atoms with Crippen molar-refractivity contribution in [3.8, 4) is 5.75 Å². The standard InChI is InChI=1S/C14H14O2/c1-9-3-4-12-11(7-9)14(2)6-5-10(15)8-13(14)16-12/h3-7,13H,8H2,1-2H3/t13-,14-/m1/s1. The molecule has 1 aromatic carbocycles. The van der Waals surface area contributed by atoms with Crippen LogP contribution in [0.2, 0.25) is 0 Å². The number of carbonyl (C=O) groups is 1. The maximum absolute atomic E-state index is 11.4. The molecule has 1 aliphatic carbocycles. The van der Waals surface area contributed by atoms with Crippen molar-refractivity contribution in [2.75, 3.05) is 0 Å². The van der Waals surface area contributed by atoms with Gasteiger partial charge in [0.05, 0.1) is 5.41 Å². The molecule has 2 atom stereocenters. The first-order valence-electron chi connectivity index (χ1n) is 5.59. The molecule has 0 aromatic heterocycles. The topological polar surface area (TPSA) is 26.3 Å². The highest BCUT2D eigenvalue weighted by molar-refractivity contribution is 5.92. The van der Waals surface area contributed by atoms with E-state index in [1.165, 1.54) is 11.1 Å². The first-order valence-corrected chi connectivity index (χ1v) is 5.59.